The van der Waals surface area contributed by atoms with Crippen molar-refractivity contribution in [1.82, 2.24) is 0 Å². The van der Waals surface area contributed by atoms with E-state index in [1.54, 1.807) is 0 Å². The highest BCUT2D eigenvalue weighted by Crippen LogP contribution is 2.37. The second kappa shape index (κ2) is 9.72. The van der Waals surface area contributed by atoms with Gasteiger partial charge in [0.15, 0.2) is 0 Å². The van der Waals surface area contributed by atoms with Crippen LogP contribution < -0.4 is 0 Å². The molecule has 16 heavy (non-hydrogen) atoms. The molecule has 0 fully saturated rings. The van der Waals surface area contributed by atoms with Crippen LogP contribution in [-0.2, 0) is 0 Å². The summed E-state index contributed by atoms with van der Waals surface area (Å²) in [6, 6.07) is 0. The number of rotatable bonds is 11. The van der Waals surface area contributed by atoms with Gasteiger partial charge in [0.1, 0.15) is 0 Å². The average Bonchev–Trinajstić information content (AvgIpc) is 2.26. The smallest absolute Gasteiger partial charge is 0.0223 e. The van der Waals surface area contributed by atoms with Gasteiger partial charge >= 0.3 is 0 Å². The summed E-state index contributed by atoms with van der Waals surface area (Å²) in [7, 11) is 0. The Balaban J connectivity index is 4.28. The molecule has 0 aromatic carbocycles. The first-order valence-electron chi connectivity index (χ1n) is 6.13. The van der Waals surface area contributed by atoms with Crippen LogP contribution in [0.1, 0.15) is 44.9 Å². The Morgan fingerprint density at radius 2 is 1.31 bits per heavy atom. The van der Waals surface area contributed by atoms with E-state index in [0.29, 0.717) is 5.41 Å². The van der Waals surface area contributed by atoms with Crippen molar-refractivity contribution < 1.29 is 0 Å². The molecule has 0 spiro atoms. The molecule has 0 rings (SSSR count). The quantitative estimate of drug-likeness (QED) is 0.254. The summed E-state index contributed by atoms with van der Waals surface area (Å²) >= 11 is 5.69. The van der Waals surface area contributed by atoms with Crippen LogP contribution in [0.2, 0.25) is 0 Å². The highest BCUT2D eigenvalue weighted by atomic mass is 35.5. The lowest BCUT2D eigenvalue weighted by Crippen LogP contribution is -2.18. The fraction of sp³-hybridized carbons (Fsp3) is 0.600. The fourth-order valence-corrected chi connectivity index (χ4v) is 2.43. The van der Waals surface area contributed by atoms with Crippen molar-refractivity contribution in [2.24, 2.45) is 5.41 Å². The third-order valence-corrected chi connectivity index (χ3v) is 3.34. The average molecular weight is 241 g/mol. The predicted octanol–water partition coefficient (Wildman–Crippen LogP) is 5.50. The van der Waals surface area contributed by atoms with Gasteiger partial charge in [0, 0.05) is 5.88 Å². The number of allylic oxidation sites excluding steroid dienone is 3. The SMILES string of the molecule is C=CCC(CC=C)(CC=C)CCCCCCl. The minimum Gasteiger partial charge on any atom is -0.127 e. The van der Waals surface area contributed by atoms with Gasteiger partial charge in [0.2, 0.25) is 0 Å². The maximum atomic E-state index is 5.69. The summed E-state index contributed by atoms with van der Waals surface area (Å²) in [6.07, 6.45) is 14.0. The second-order valence-electron chi connectivity index (χ2n) is 4.48. The normalized spacial score (nSPS) is 11.1. The summed E-state index contributed by atoms with van der Waals surface area (Å²) in [5, 5.41) is 0. The van der Waals surface area contributed by atoms with Crippen molar-refractivity contribution in [2.75, 3.05) is 5.88 Å². The molecule has 1 heteroatoms. The van der Waals surface area contributed by atoms with E-state index in [9.17, 15) is 0 Å². The van der Waals surface area contributed by atoms with Crippen LogP contribution in [0.25, 0.3) is 0 Å². The molecular formula is C15H25Cl. The first-order chi connectivity index (χ1) is 7.74. The van der Waals surface area contributed by atoms with Gasteiger partial charge < -0.3 is 0 Å². The molecule has 0 N–H and O–H groups in total. The first kappa shape index (κ1) is 15.5. The van der Waals surface area contributed by atoms with E-state index in [1.807, 2.05) is 18.2 Å². The zero-order valence-corrected chi connectivity index (χ0v) is 11.1. The minimum atomic E-state index is 0.303. The van der Waals surface area contributed by atoms with Gasteiger partial charge in [-0.2, -0.15) is 0 Å². The van der Waals surface area contributed by atoms with Gasteiger partial charge in [0.25, 0.3) is 0 Å². The Morgan fingerprint density at radius 3 is 1.69 bits per heavy atom. The molecular weight excluding hydrogens is 216 g/mol. The standard InChI is InChI=1S/C15H25Cl/c1-4-10-15(11-5-2,12-6-3)13-8-7-9-14-16/h4-6H,1-3,7-14H2. The Hall–Kier alpha value is -0.490. The molecule has 0 aliphatic heterocycles. The lowest BCUT2D eigenvalue weighted by atomic mass is 9.74. The monoisotopic (exact) mass is 240 g/mol. The lowest BCUT2D eigenvalue weighted by molar-refractivity contribution is 0.261. The Morgan fingerprint density at radius 1 is 0.812 bits per heavy atom. The summed E-state index contributed by atoms with van der Waals surface area (Å²) in [4.78, 5) is 0. The van der Waals surface area contributed by atoms with E-state index >= 15 is 0 Å². The molecule has 0 aromatic heterocycles. The van der Waals surface area contributed by atoms with E-state index in [2.05, 4.69) is 19.7 Å². The third kappa shape index (κ3) is 6.17. The predicted molar refractivity (Wildman–Crippen MR) is 76.1 cm³/mol. The van der Waals surface area contributed by atoms with Crippen molar-refractivity contribution in [3.05, 3.63) is 38.0 Å². The molecule has 0 saturated carbocycles. The van der Waals surface area contributed by atoms with Crippen LogP contribution in [0.15, 0.2) is 38.0 Å². The van der Waals surface area contributed by atoms with Gasteiger partial charge in [0.05, 0.1) is 0 Å². The molecule has 0 aromatic rings. The van der Waals surface area contributed by atoms with Gasteiger partial charge in [-0.3, -0.25) is 0 Å². The number of hydrogen-bond donors (Lipinski definition) is 0. The largest absolute Gasteiger partial charge is 0.127 e. The van der Waals surface area contributed by atoms with E-state index < -0.39 is 0 Å². The van der Waals surface area contributed by atoms with Crippen LogP contribution in [-0.4, -0.2) is 5.88 Å². The van der Waals surface area contributed by atoms with Crippen LogP contribution in [0.5, 0.6) is 0 Å². The molecule has 0 heterocycles. The van der Waals surface area contributed by atoms with Crippen LogP contribution in [0.4, 0.5) is 0 Å². The Kier molecular flexibility index (Phi) is 9.42. The third-order valence-electron chi connectivity index (χ3n) is 3.07. The summed E-state index contributed by atoms with van der Waals surface area (Å²) < 4.78 is 0. The molecule has 0 unspecified atom stereocenters. The number of unbranched alkanes of at least 4 members (excludes halogenated alkanes) is 2. The molecule has 0 atom stereocenters. The molecule has 0 saturated heterocycles. The maximum Gasteiger partial charge on any atom is 0.0223 e. The van der Waals surface area contributed by atoms with Crippen molar-refractivity contribution in [2.45, 2.75) is 44.9 Å². The molecule has 0 aliphatic carbocycles. The molecule has 0 amide bonds. The summed E-state index contributed by atoms with van der Waals surface area (Å²) in [5.41, 5.74) is 0.303. The lowest BCUT2D eigenvalue weighted by Gasteiger charge is -2.31. The first-order valence-corrected chi connectivity index (χ1v) is 6.67. The minimum absolute atomic E-state index is 0.303. The highest BCUT2D eigenvalue weighted by molar-refractivity contribution is 6.17. The zero-order valence-electron chi connectivity index (χ0n) is 10.4. The van der Waals surface area contributed by atoms with Crippen molar-refractivity contribution in [3.8, 4) is 0 Å². The van der Waals surface area contributed by atoms with Crippen LogP contribution in [0.3, 0.4) is 0 Å². The topological polar surface area (TPSA) is 0 Å². The van der Waals surface area contributed by atoms with Gasteiger partial charge in [-0.1, -0.05) is 31.1 Å². The molecule has 0 nitrogen and oxygen atoms in total. The Labute approximate surface area is 106 Å². The van der Waals surface area contributed by atoms with Crippen LogP contribution >= 0.6 is 11.6 Å². The van der Waals surface area contributed by atoms with Gasteiger partial charge in [-0.15, -0.1) is 31.3 Å². The van der Waals surface area contributed by atoms with Crippen molar-refractivity contribution >= 4 is 11.6 Å². The molecule has 0 bridgehead atoms. The maximum absolute atomic E-state index is 5.69. The zero-order chi connectivity index (χ0) is 12.3. The Bertz CT molecular complexity index is 179. The van der Waals surface area contributed by atoms with E-state index in [4.69, 9.17) is 11.6 Å². The second-order valence-corrected chi connectivity index (χ2v) is 4.86. The van der Waals surface area contributed by atoms with E-state index in [-0.39, 0.29) is 0 Å². The van der Waals surface area contributed by atoms with Crippen molar-refractivity contribution in [3.63, 3.8) is 0 Å². The summed E-state index contributed by atoms with van der Waals surface area (Å²) in [6.45, 7) is 11.6. The summed E-state index contributed by atoms with van der Waals surface area (Å²) in [5.74, 6) is 0.775. The van der Waals surface area contributed by atoms with Crippen molar-refractivity contribution in [1.29, 1.82) is 0 Å². The highest BCUT2D eigenvalue weighted by Gasteiger charge is 2.25. The fourth-order valence-electron chi connectivity index (χ4n) is 2.25. The number of halogens is 1. The van der Waals surface area contributed by atoms with Gasteiger partial charge in [-0.25, -0.2) is 0 Å². The molecule has 0 radical (unpaired) electrons. The number of alkyl halides is 1. The number of hydrogen-bond acceptors (Lipinski definition) is 0. The van der Waals surface area contributed by atoms with Crippen LogP contribution in [0, 0.1) is 5.41 Å². The van der Waals surface area contributed by atoms with Gasteiger partial charge in [-0.05, 0) is 37.5 Å². The van der Waals surface area contributed by atoms with E-state index in [0.717, 1.165) is 31.6 Å². The molecule has 92 valence electrons. The van der Waals surface area contributed by atoms with E-state index in [1.165, 1.54) is 19.3 Å². The molecule has 0 aliphatic rings.